The summed E-state index contributed by atoms with van der Waals surface area (Å²) in [5.41, 5.74) is -0.259. The van der Waals surface area contributed by atoms with Crippen molar-refractivity contribution < 1.29 is 14.3 Å². The lowest BCUT2D eigenvalue weighted by Gasteiger charge is -2.47. The fourth-order valence-corrected chi connectivity index (χ4v) is 5.87. The van der Waals surface area contributed by atoms with Crippen LogP contribution in [0.3, 0.4) is 0 Å². The highest BCUT2D eigenvalue weighted by atomic mass is 16.5. The van der Waals surface area contributed by atoms with Crippen LogP contribution in [0.5, 0.6) is 0 Å². The number of amides is 2. The molecule has 2 aliphatic carbocycles. The zero-order valence-electron chi connectivity index (χ0n) is 15.0. The van der Waals surface area contributed by atoms with Crippen molar-refractivity contribution in [2.45, 2.75) is 56.6 Å². The van der Waals surface area contributed by atoms with Gasteiger partial charge < -0.3 is 15.0 Å². The van der Waals surface area contributed by atoms with Gasteiger partial charge in [-0.2, -0.15) is 0 Å². The van der Waals surface area contributed by atoms with Crippen molar-refractivity contribution in [2.24, 2.45) is 11.3 Å². The molecule has 3 heterocycles. The van der Waals surface area contributed by atoms with Gasteiger partial charge in [-0.3, -0.25) is 14.5 Å². The molecule has 0 aromatic heterocycles. The van der Waals surface area contributed by atoms with Crippen LogP contribution >= 0.6 is 0 Å². The Morgan fingerprint density at radius 3 is 2.64 bits per heavy atom. The molecule has 5 aliphatic rings. The first-order valence-corrected chi connectivity index (χ1v) is 10.1. The van der Waals surface area contributed by atoms with E-state index >= 15 is 0 Å². The predicted octanol–water partition coefficient (Wildman–Crippen LogP) is 0.759. The van der Waals surface area contributed by atoms with Crippen molar-refractivity contribution in [3.63, 3.8) is 0 Å². The van der Waals surface area contributed by atoms with Crippen molar-refractivity contribution in [1.82, 2.24) is 15.1 Å². The standard InChI is InChI=1S/C19H29N3O3/c23-16-3-2-15(4-7-20-16)21-8-10-22(11-9-21)17(24)19-12-14(19)13-25-18(19)5-1-6-18/h14-15H,1-13H2,(H,20,23)/t14-,15?,19-/m0/s1. The Bertz CT molecular complexity index is 582. The minimum absolute atomic E-state index is 0.0980. The monoisotopic (exact) mass is 347 g/mol. The zero-order chi connectivity index (χ0) is 17.1. The number of fused-ring (bicyclic) bond motifs is 2. The average molecular weight is 347 g/mol. The van der Waals surface area contributed by atoms with Gasteiger partial charge in [0.05, 0.1) is 17.6 Å². The predicted molar refractivity (Wildman–Crippen MR) is 91.9 cm³/mol. The molecule has 1 spiro atoms. The number of nitrogens with one attached hydrogen (secondary N) is 1. The quantitative estimate of drug-likeness (QED) is 0.801. The van der Waals surface area contributed by atoms with Crippen LogP contribution in [0.25, 0.3) is 0 Å². The lowest BCUT2D eigenvalue weighted by atomic mass is 9.68. The van der Waals surface area contributed by atoms with E-state index < -0.39 is 0 Å². The number of ether oxygens (including phenoxy) is 1. The number of piperazine rings is 1. The highest BCUT2D eigenvalue weighted by molar-refractivity contribution is 5.88. The molecule has 2 saturated carbocycles. The van der Waals surface area contributed by atoms with Crippen LogP contribution in [0.4, 0.5) is 0 Å². The molecule has 1 N–H and O–H groups in total. The number of carbonyl (C=O) groups is 2. The minimum Gasteiger partial charge on any atom is -0.374 e. The highest BCUT2D eigenvalue weighted by Crippen LogP contribution is 2.71. The second kappa shape index (κ2) is 5.68. The molecule has 0 radical (unpaired) electrons. The van der Waals surface area contributed by atoms with Crippen molar-refractivity contribution in [2.75, 3.05) is 39.3 Å². The fraction of sp³-hybridized carbons (Fsp3) is 0.895. The van der Waals surface area contributed by atoms with Gasteiger partial charge in [-0.25, -0.2) is 0 Å². The number of hydrogen-bond acceptors (Lipinski definition) is 4. The van der Waals surface area contributed by atoms with E-state index in [1.807, 2.05) is 0 Å². The van der Waals surface area contributed by atoms with Crippen molar-refractivity contribution >= 4 is 11.8 Å². The van der Waals surface area contributed by atoms with Gasteiger partial charge in [0.1, 0.15) is 0 Å². The molecular formula is C19H29N3O3. The van der Waals surface area contributed by atoms with Crippen molar-refractivity contribution in [1.29, 1.82) is 0 Å². The second-order valence-corrected chi connectivity index (χ2v) is 8.69. The smallest absolute Gasteiger partial charge is 0.232 e. The molecule has 6 nitrogen and oxygen atoms in total. The molecular weight excluding hydrogens is 318 g/mol. The summed E-state index contributed by atoms with van der Waals surface area (Å²) < 4.78 is 6.10. The summed E-state index contributed by atoms with van der Waals surface area (Å²) >= 11 is 0. The van der Waals surface area contributed by atoms with Gasteiger partial charge in [0.25, 0.3) is 0 Å². The third-order valence-electron chi connectivity index (χ3n) is 7.64. The van der Waals surface area contributed by atoms with Gasteiger partial charge in [-0.15, -0.1) is 0 Å². The van der Waals surface area contributed by atoms with E-state index in [0.29, 0.717) is 24.3 Å². The van der Waals surface area contributed by atoms with Gasteiger partial charge in [-0.1, -0.05) is 0 Å². The van der Waals surface area contributed by atoms with Crippen LogP contribution in [0.15, 0.2) is 0 Å². The molecule has 5 rings (SSSR count). The summed E-state index contributed by atoms with van der Waals surface area (Å²) in [7, 11) is 0. The molecule has 138 valence electrons. The Kier molecular flexibility index (Phi) is 3.65. The summed E-state index contributed by atoms with van der Waals surface area (Å²) in [6, 6.07) is 0.482. The number of nitrogens with zero attached hydrogens (tertiary/aromatic N) is 2. The average Bonchev–Trinajstić information content (AvgIpc) is 3.29. The summed E-state index contributed by atoms with van der Waals surface area (Å²) in [4.78, 5) is 29.5. The molecule has 1 unspecified atom stereocenters. The highest BCUT2D eigenvalue weighted by Gasteiger charge is 2.77. The van der Waals surface area contributed by atoms with Gasteiger partial charge in [0.15, 0.2) is 0 Å². The molecule has 0 bridgehead atoms. The molecule has 6 heteroatoms. The number of rotatable bonds is 2. The van der Waals surface area contributed by atoms with E-state index in [1.54, 1.807) is 0 Å². The third-order valence-corrected chi connectivity index (χ3v) is 7.64. The Labute approximate surface area is 149 Å². The van der Waals surface area contributed by atoms with Crippen LogP contribution in [-0.4, -0.2) is 72.6 Å². The topological polar surface area (TPSA) is 61.9 Å². The van der Waals surface area contributed by atoms with E-state index in [2.05, 4.69) is 15.1 Å². The molecule has 25 heavy (non-hydrogen) atoms. The van der Waals surface area contributed by atoms with Gasteiger partial charge >= 0.3 is 0 Å². The summed E-state index contributed by atoms with van der Waals surface area (Å²) in [5.74, 6) is 1.05. The Morgan fingerprint density at radius 1 is 1.16 bits per heavy atom. The maximum atomic E-state index is 13.3. The molecule has 3 saturated heterocycles. The Hall–Kier alpha value is -1.14. The van der Waals surface area contributed by atoms with Crippen molar-refractivity contribution in [3.8, 4) is 0 Å². The van der Waals surface area contributed by atoms with E-state index in [0.717, 1.165) is 71.4 Å². The van der Waals surface area contributed by atoms with E-state index in [1.165, 1.54) is 6.42 Å². The van der Waals surface area contributed by atoms with E-state index in [4.69, 9.17) is 4.74 Å². The maximum Gasteiger partial charge on any atom is 0.232 e. The number of carbonyl (C=O) groups excluding carboxylic acids is 2. The Morgan fingerprint density at radius 2 is 1.96 bits per heavy atom. The number of hydrogen-bond donors (Lipinski definition) is 1. The first-order valence-electron chi connectivity index (χ1n) is 10.1. The zero-order valence-corrected chi connectivity index (χ0v) is 15.0. The normalized spacial score (nSPS) is 40.2. The Balaban J connectivity index is 1.21. The lowest BCUT2D eigenvalue weighted by molar-refractivity contribution is -0.160. The summed E-state index contributed by atoms with van der Waals surface area (Å²) in [6.45, 7) is 5.14. The summed E-state index contributed by atoms with van der Waals surface area (Å²) in [6.07, 6.45) is 7.04. The van der Waals surface area contributed by atoms with Crippen LogP contribution in [0, 0.1) is 11.3 Å². The minimum atomic E-state index is -0.161. The largest absolute Gasteiger partial charge is 0.374 e. The van der Waals surface area contributed by atoms with Crippen LogP contribution < -0.4 is 5.32 Å². The second-order valence-electron chi connectivity index (χ2n) is 8.69. The van der Waals surface area contributed by atoms with Gasteiger partial charge in [-0.05, 0) is 38.5 Å². The molecule has 3 aliphatic heterocycles. The molecule has 2 amide bonds. The molecule has 0 aromatic rings. The van der Waals surface area contributed by atoms with Crippen LogP contribution in [0.2, 0.25) is 0 Å². The first kappa shape index (κ1) is 16.1. The first-order chi connectivity index (χ1) is 12.1. The summed E-state index contributed by atoms with van der Waals surface area (Å²) in [5, 5.41) is 2.97. The van der Waals surface area contributed by atoms with E-state index in [9.17, 15) is 9.59 Å². The maximum absolute atomic E-state index is 13.3. The van der Waals surface area contributed by atoms with Crippen LogP contribution in [0.1, 0.15) is 44.9 Å². The molecule has 5 fully saturated rings. The van der Waals surface area contributed by atoms with Crippen LogP contribution in [-0.2, 0) is 14.3 Å². The van der Waals surface area contributed by atoms with Crippen molar-refractivity contribution in [3.05, 3.63) is 0 Å². The van der Waals surface area contributed by atoms with Gasteiger partial charge in [0.2, 0.25) is 11.8 Å². The van der Waals surface area contributed by atoms with Gasteiger partial charge in [0, 0.05) is 51.1 Å². The third kappa shape index (κ3) is 2.29. The SMILES string of the molecule is O=C1CCC(N2CCN(C(=O)[C@]34C[C@H]3COC43CCC3)CC2)CCN1. The lowest BCUT2D eigenvalue weighted by Crippen LogP contribution is -2.58. The molecule has 0 aromatic carbocycles. The molecule has 3 atom stereocenters. The fourth-order valence-electron chi connectivity index (χ4n) is 5.87. The van der Waals surface area contributed by atoms with E-state index in [-0.39, 0.29) is 16.9 Å².